The number of methoxy groups -OCH3 is 1. The molecule has 2 N–H and O–H groups in total. The van der Waals surface area contributed by atoms with E-state index in [4.69, 9.17) is 15.2 Å². The molecule has 1 aromatic heterocycles. The third kappa shape index (κ3) is 2.95. The second kappa shape index (κ2) is 6.13. The van der Waals surface area contributed by atoms with Gasteiger partial charge in [0, 0.05) is 12.6 Å². The number of carbonyl (C=O) groups excluding carboxylic acids is 1. The molecule has 0 spiro atoms. The van der Waals surface area contributed by atoms with Gasteiger partial charge >= 0.3 is 0 Å². The summed E-state index contributed by atoms with van der Waals surface area (Å²) < 4.78 is 12.4. The van der Waals surface area contributed by atoms with Crippen LogP contribution in [0.4, 0.5) is 0 Å². The minimum Gasteiger partial charge on any atom is -0.493 e. The summed E-state index contributed by atoms with van der Waals surface area (Å²) in [5.41, 5.74) is 5.80. The molecule has 1 saturated heterocycles. The highest BCUT2D eigenvalue weighted by Crippen LogP contribution is 2.34. The van der Waals surface area contributed by atoms with Gasteiger partial charge in [-0.05, 0) is 21.0 Å². The van der Waals surface area contributed by atoms with Crippen LogP contribution in [0.3, 0.4) is 0 Å². The SMILES string of the molecule is COc1cnn(CCN(C)C)c1C(=O)C1(C)COCC1N. The molecule has 2 unspecified atom stereocenters. The molecule has 0 saturated carbocycles. The molecule has 118 valence electrons. The van der Waals surface area contributed by atoms with E-state index in [1.54, 1.807) is 10.9 Å². The summed E-state index contributed by atoms with van der Waals surface area (Å²) in [6.07, 6.45) is 1.58. The Balaban J connectivity index is 2.32. The second-order valence-corrected chi connectivity index (χ2v) is 5.96. The van der Waals surface area contributed by atoms with Crippen LogP contribution in [0.1, 0.15) is 17.4 Å². The summed E-state index contributed by atoms with van der Waals surface area (Å²) in [7, 11) is 5.49. The highest BCUT2D eigenvalue weighted by Gasteiger charge is 2.46. The van der Waals surface area contributed by atoms with Gasteiger partial charge in [0.2, 0.25) is 0 Å². The fraction of sp³-hybridized carbons (Fsp3) is 0.714. The van der Waals surface area contributed by atoms with Gasteiger partial charge in [-0.1, -0.05) is 0 Å². The summed E-state index contributed by atoms with van der Waals surface area (Å²) in [5, 5.41) is 4.27. The van der Waals surface area contributed by atoms with Crippen LogP contribution < -0.4 is 10.5 Å². The molecule has 2 rings (SSSR count). The van der Waals surface area contributed by atoms with Crippen molar-refractivity contribution in [3.8, 4) is 5.75 Å². The van der Waals surface area contributed by atoms with E-state index < -0.39 is 5.41 Å². The molecule has 7 nitrogen and oxygen atoms in total. The molecule has 2 heterocycles. The number of Topliss-reactive ketones (excluding diaryl/α,β-unsaturated/α-hetero) is 1. The Morgan fingerprint density at radius 2 is 2.38 bits per heavy atom. The Labute approximate surface area is 125 Å². The van der Waals surface area contributed by atoms with Gasteiger partial charge in [0.25, 0.3) is 0 Å². The van der Waals surface area contributed by atoms with E-state index in [2.05, 4.69) is 5.10 Å². The first-order valence-electron chi connectivity index (χ1n) is 7.03. The lowest BCUT2D eigenvalue weighted by Crippen LogP contribution is -2.45. The van der Waals surface area contributed by atoms with Gasteiger partial charge in [-0.2, -0.15) is 5.10 Å². The molecule has 0 aromatic carbocycles. The van der Waals surface area contributed by atoms with E-state index >= 15 is 0 Å². The van der Waals surface area contributed by atoms with Crippen molar-refractivity contribution in [3.05, 3.63) is 11.9 Å². The van der Waals surface area contributed by atoms with Crippen molar-refractivity contribution >= 4 is 5.78 Å². The molecular formula is C14H24N4O3. The van der Waals surface area contributed by atoms with Crippen LogP contribution >= 0.6 is 0 Å². The van der Waals surface area contributed by atoms with Gasteiger partial charge in [-0.25, -0.2) is 0 Å². The molecule has 1 aliphatic rings. The van der Waals surface area contributed by atoms with E-state index in [0.29, 0.717) is 31.2 Å². The molecule has 0 radical (unpaired) electrons. The third-order valence-corrected chi connectivity index (χ3v) is 4.04. The molecular weight excluding hydrogens is 272 g/mol. The van der Waals surface area contributed by atoms with E-state index in [1.165, 1.54) is 7.11 Å². The molecule has 2 atom stereocenters. The van der Waals surface area contributed by atoms with Gasteiger partial charge in [0.1, 0.15) is 5.69 Å². The number of carbonyl (C=O) groups is 1. The predicted molar refractivity (Wildman–Crippen MR) is 78.6 cm³/mol. The Morgan fingerprint density at radius 3 is 2.90 bits per heavy atom. The number of nitrogens with zero attached hydrogens (tertiary/aromatic N) is 3. The van der Waals surface area contributed by atoms with Crippen LogP contribution in [0, 0.1) is 5.41 Å². The Morgan fingerprint density at radius 1 is 1.67 bits per heavy atom. The first kappa shape index (κ1) is 15.9. The summed E-state index contributed by atoms with van der Waals surface area (Å²) in [6.45, 7) is 3.97. The quantitative estimate of drug-likeness (QED) is 0.744. The van der Waals surface area contributed by atoms with Gasteiger partial charge < -0.3 is 20.1 Å². The first-order chi connectivity index (χ1) is 9.90. The van der Waals surface area contributed by atoms with E-state index in [9.17, 15) is 4.79 Å². The lowest BCUT2D eigenvalue weighted by Gasteiger charge is -2.25. The Kier molecular flexibility index (Phi) is 4.65. The third-order valence-electron chi connectivity index (χ3n) is 4.04. The lowest BCUT2D eigenvalue weighted by atomic mass is 9.80. The number of hydrogen-bond acceptors (Lipinski definition) is 6. The lowest BCUT2D eigenvalue weighted by molar-refractivity contribution is 0.0751. The maximum Gasteiger partial charge on any atom is 0.194 e. The van der Waals surface area contributed by atoms with Crippen LogP contribution in [0.25, 0.3) is 0 Å². The smallest absolute Gasteiger partial charge is 0.194 e. The number of ketones is 1. The maximum absolute atomic E-state index is 13.0. The molecule has 1 fully saturated rings. The predicted octanol–water partition coefficient (Wildman–Crippen LogP) is -0.000200. The number of hydrogen-bond donors (Lipinski definition) is 1. The van der Waals surface area contributed by atoms with Crippen LogP contribution in [0.15, 0.2) is 6.20 Å². The van der Waals surface area contributed by atoms with E-state index in [0.717, 1.165) is 6.54 Å². The highest BCUT2D eigenvalue weighted by molar-refractivity contribution is 6.02. The monoisotopic (exact) mass is 296 g/mol. The van der Waals surface area contributed by atoms with Gasteiger partial charge in [-0.3, -0.25) is 9.48 Å². The number of ether oxygens (including phenoxy) is 2. The number of nitrogens with two attached hydrogens (primary N) is 1. The standard InChI is InChI=1S/C14H24N4O3/c1-14(9-21-8-11(14)15)13(19)12-10(20-4)7-16-18(12)6-5-17(2)3/h7,11H,5-6,8-9,15H2,1-4H3. The Bertz CT molecular complexity index is 514. The molecule has 0 amide bonds. The number of likely N-dealkylation sites (N-methyl/N-ethyl adjacent to an activating group) is 1. The summed E-state index contributed by atoms with van der Waals surface area (Å²) in [6, 6.07) is -0.313. The molecule has 21 heavy (non-hydrogen) atoms. The van der Waals surface area contributed by atoms with Crippen molar-refractivity contribution in [3.63, 3.8) is 0 Å². The fourth-order valence-electron chi connectivity index (χ4n) is 2.40. The zero-order chi connectivity index (χ0) is 15.6. The number of aromatic nitrogens is 2. The molecule has 0 bridgehead atoms. The minimum absolute atomic E-state index is 0.0689. The van der Waals surface area contributed by atoms with Crippen LogP contribution in [-0.2, 0) is 11.3 Å². The van der Waals surface area contributed by atoms with E-state index in [1.807, 2.05) is 25.9 Å². The van der Waals surface area contributed by atoms with Crippen LogP contribution in [0.5, 0.6) is 5.75 Å². The van der Waals surface area contributed by atoms with Gasteiger partial charge in [-0.15, -0.1) is 0 Å². The normalized spacial score (nSPS) is 25.5. The summed E-state index contributed by atoms with van der Waals surface area (Å²) in [4.78, 5) is 15.0. The van der Waals surface area contributed by atoms with Crippen molar-refractivity contribution in [1.82, 2.24) is 14.7 Å². The zero-order valence-corrected chi connectivity index (χ0v) is 13.1. The van der Waals surface area contributed by atoms with Crippen molar-refractivity contribution < 1.29 is 14.3 Å². The second-order valence-electron chi connectivity index (χ2n) is 5.96. The molecule has 7 heteroatoms. The fourth-order valence-corrected chi connectivity index (χ4v) is 2.40. The zero-order valence-electron chi connectivity index (χ0n) is 13.1. The van der Waals surface area contributed by atoms with Crippen molar-refractivity contribution in [2.24, 2.45) is 11.1 Å². The Hall–Kier alpha value is -1.44. The number of rotatable bonds is 6. The van der Waals surface area contributed by atoms with Crippen LogP contribution in [-0.4, -0.2) is 67.5 Å². The largest absolute Gasteiger partial charge is 0.493 e. The van der Waals surface area contributed by atoms with Crippen molar-refractivity contribution in [1.29, 1.82) is 0 Å². The molecule has 1 aliphatic heterocycles. The highest BCUT2D eigenvalue weighted by atomic mass is 16.5. The summed E-state index contributed by atoms with van der Waals surface area (Å²) in [5.74, 6) is 0.416. The molecule has 0 aliphatic carbocycles. The van der Waals surface area contributed by atoms with E-state index in [-0.39, 0.29) is 11.8 Å². The summed E-state index contributed by atoms with van der Waals surface area (Å²) >= 11 is 0. The topological polar surface area (TPSA) is 82.6 Å². The average Bonchev–Trinajstić information content (AvgIpc) is 3.00. The van der Waals surface area contributed by atoms with Crippen molar-refractivity contribution in [2.45, 2.75) is 19.5 Å². The van der Waals surface area contributed by atoms with Crippen LogP contribution in [0.2, 0.25) is 0 Å². The maximum atomic E-state index is 13.0. The van der Waals surface area contributed by atoms with Crippen molar-refractivity contribution in [2.75, 3.05) is 41.0 Å². The first-order valence-corrected chi connectivity index (χ1v) is 7.03. The average molecular weight is 296 g/mol. The van der Waals surface area contributed by atoms with Gasteiger partial charge in [0.05, 0.1) is 38.5 Å². The minimum atomic E-state index is -0.733. The molecule has 1 aromatic rings. The van der Waals surface area contributed by atoms with Gasteiger partial charge in [0.15, 0.2) is 11.5 Å².